The third-order valence-corrected chi connectivity index (χ3v) is 6.57. The van der Waals surface area contributed by atoms with E-state index in [0.717, 1.165) is 17.9 Å². The molecule has 138 valence electrons. The zero-order valence-electron chi connectivity index (χ0n) is 14.5. The zero-order chi connectivity index (χ0) is 18.7. The summed E-state index contributed by atoms with van der Waals surface area (Å²) in [5, 5.41) is 0.698. The number of esters is 1. The molecule has 1 aromatic heterocycles. The Balaban J connectivity index is 2.08. The lowest BCUT2D eigenvalue weighted by molar-refractivity contribution is -0.142. The predicted octanol–water partition coefficient (Wildman–Crippen LogP) is 3.97. The minimum atomic E-state index is -0.410. The lowest BCUT2D eigenvalue weighted by Gasteiger charge is -2.17. The molecule has 0 saturated heterocycles. The summed E-state index contributed by atoms with van der Waals surface area (Å²) >= 11 is 8.79. The van der Waals surface area contributed by atoms with Crippen LogP contribution in [0.3, 0.4) is 0 Å². The van der Waals surface area contributed by atoms with E-state index in [-0.39, 0.29) is 11.5 Å². The normalized spacial score (nSPS) is 14.1. The van der Waals surface area contributed by atoms with Gasteiger partial charge in [-0.1, -0.05) is 30.3 Å². The average molecular weight is 411 g/mol. The third-order valence-electron chi connectivity index (χ3n) is 3.92. The molecule has 8 heteroatoms. The molecule has 0 fully saturated rings. The number of carbonyl (C=O) groups is 1. The summed E-state index contributed by atoms with van der Waals surface area (Å²) in [5.41, 5.74) is 1.40. The lowest BCUT2D eigenvalue weighted by Crippen LogP contribution is -2.26. The molecule has 1 atom stereocenters. The van der Waals surface area contributed by atoms with Crippen LogP contribution in [0, 0.1) is 0 Å². The van der Waals surface area contributed by atoms with E-state index in [1.807, 2.05) is 6.92 Å². The van der Waals surface area contributed by atoms with Crippen molar-refractivity contribution in [2.75, 3.05) is 12.4 Å². The van der Waals surface area contributed by atoms with E-state index in [9.17, 15) is 9.59 Å². The zero-order valence-corrected chi connectivity index (χ0v) is 16.9. The Morgan fingerprint density at radius 2 is 2.12 bits per heavy atom. The maximum Gasteiger partial charge on any atom is 0.319 e. The first-order valence-electron chi connectivity index (χ1n) is 8.43. The Hall–Kier alpha value is -1.44. The maximum absolute atomic E-state index is 13.1. The summed E-state index contributed by atoms with van der Waals surface area (Å²) in [6.07, 6.45) is 1.35. The van der Waals surface area contributed by atoms with Gasteiger partial charge in [0.15, 0.2) is 5.16 Å². The van der Waals surface area contributed by atoms with Crippen LogP contribution in [0.15, 0.2) is 39.1 Å². The van der Waals surface area contributed by atoms with Gasteiger partial charge in [0.2, 0.25) is 0 Å². The van der Waals surface area contributed by atoms with Crippen molar-refractivity contribution < 1.29 is 9.53 Å². The number of nitrogens with zero attached hydrogens (tertiary/aromatic N) is 2. The van der Waals surface area contributed by atoms with Crippen molar-refractivity contribution in [1.82, 2.24) is 9.55 Å². The number of thioether (sulfide) groups is 2. The van der Waals surface area contributed by atoms with Crippen LogP contribution in [-0.2, 0) is 16.0 Å². The molecule has 1 aromatic carbocycles. The Morgan fingerprint density at radius 3 is 2.77 bits per heavy atom. The second-order valence-corrected chi connectivity index (χ2v) is 8.36. The monoisotopic (exact) mass is 410 g/mol. The van der Waals surface area contributed by atoms with E-state index in [0.29, 0.717) is 33.8 Å². The number of fused-ring (bicyclic) bond motifs is 1. The number of ether oxygens (including phenoxy) is 1. The van der Waals surface area contributed by atoms with E-state index < -0.39 is 5.25 Å². The quantitative estimate of drug-likeness (QED) is 0.408. The lowest BCUT2D eigenvalue weighted by atomic mass is 10.3. The first kappa shape index (κ1) is 19.3. The van der Waals surface area contributed by atoms with Crippen LogP contribution >= 0.6 is 35.1 Å². The molecular weight excluding hydrogens is 392 g/mol. The van der Waals surface area contributed by atoms with Crippen LogP contribution in [0.2, 0.25) is 5.02 Å². The van der Waals surface area contributed by atoms with Gasteiger partial charge in [0.05, 0.1) is 22.9 Å². The number of hydrogen-bond acceptors (Lipinski definition) is 6. The van der Waals surface area contributed by atoms with Crippen molar-refractivity contribution in [1.29, 1.82) is 0 Å². The van der Waals surface area contributed by atoms with E-state index >= 15 is 0 Å². The van der Waals surface area contributed by atoms with Crippen LogP contribution in [0.1, 0.15) is 26.0 Å². The van der Waals surface area contributed by atoms with Gasteiger partial charge >= 0.3 is 5.97 Å². The number of aromatic nitrogens is 2. The largest absolute Gasteiger partial charge is 0.465 e. The van der Waals surface area contributed by atoms with Crippen LogP contribution in [0.25, 0.3) is 5.69 Å². The van der Waals surface area contributed by atoms with E-state index in [1.165, 1.54) is 23.5 Å². The molecule has 0 bridgehead atoms. The molecule has 2 aromatic rings. The van der Waals surface area contributed by atoms with Gasteiger partial charge < -0.3 is 4.74 Å². The molecule has 26 heavy (non-hydrogen) atoms. The highest BCUT2D eigenvalue weighted by atomic mass is 35.5. The van der Waals surface area contributed by atoms with E-state index in [4.69, 9.17) is 21.3 Å². The average Bonchev–Trinajstić information content (AvgIpc) is 3.10. The standard InChI is InChI=1S/C18H19ClN2O3S2/c1-3-14(17(23)24-4-2)26-18-20-13-9-10-25-15(13)16(22)21(18)12-7-5-11(19)6-8-12/h5-8,14H,3-4,9-10H2,1-2H3/t14-/m0/s1. The third kappa shape index (κ3) is 3.94. The molecule has 0 aliphatic carbocycles. The number of halogens is 1. The first-order chi connectivity index (χ1) is 12.5. The number of carbonyl (C=O) groups excluding carboxylic acids is 1. The molecule has 0 amide bonds. The van der Waals surface area contributed by atoms with Gasteiger partial charge in [-0.3, -0.25) is 14.2 Å². The van der Waals surface area contributed by atoms with Gasteiger partial charge in [0.25, 0.3) is 5.56 Å². The van der Waals surface area contributed by atoms with Crippen molar-refractivity contribution in [3.05, 3.63) is 45.3 Å². The summed E-state index contributed by atoms with van der Waals surface area (Å²) in [5.74, 6) is 0.563. The second kappa shape index (κ2) is 8.50. The number of rotatable bonds is 6. The molecule has 2 heterocycles. The summed E-state index contributed by atoms with van der Waals surface area (Å²) in [4.78, 5) is 30.7. The molecule has 1 aliphatic rings. The minimum Gasteiger partial charge on any atom is -0.465 e. The fraction of sp³-hybridized carbons (Fsp3) is 0.389. The first-order valence-corrected chi connectivity index (χ1v) is 10.7. The smallest absolute Gasteiger partial charge is 0.319 e. The fourth-order valence-corrected chi connectivity index (χ4v) is 4.85. The Bertz CT molecular complexity index is 868. The molecule has 0 saturated carbocycles. The van der Waals surface area contributed by atoms with Gasteiger partial charge in [0, 0.05) is 17.2 Å². The van der Waals surface area contributed by atoms with Gasteiger partial charge in [-0.15, -0.1) is 11.8 Å². The SMILES string of the molecule is CCOC(=O)[C@H](CC)Sc1nc2c(c(=O)n1-c1ccc(Cl)cc1)SCC2. The predicted molar refractivity (Wildman–Crippen MR) is 106 cm³/mol. The van der Waals surface area contributed by atoms with E-state index in [1.54, 1.807) is 35.8 Å². The molecule has 0 N–H and O–H groups in total. The van der Waals surface area contributed by atoms with Crippen LogP contribution in [0.5, 0.6) is 0 Å². The summed E-state index contributed by atoms with van der Waals surface area (Å²) in [6, 6.07) is 7.04. The molecule has 0 spiro atoms. The van der Waals surface area contributed by atoms with Crippen molar-refractivity contribution in [2.45, 2.75) is 42.0 Å². The molecular formula is C18H19ClN2O3S2. The van der Waals surface area contributed by atoms with Crippen molar-refractivity contribution in [2.24, 2.45) is 0 Å². The molecule has 3 rings (SSSR count). The Morgan fingerprint density at radius 1 is 1.38 bits per heavy atom. The van der Waals surface area contributed by atoms with Crippen molar-refractivity contribution >= 4 is 41.1 Å². The second-order valence-electron chi connectivity index (χ2n) is 5.65. The van der Waals surface area contributed by atoms with Crippen LogP contribution in [0.4, 0.5) is 0 Å². The van der Waals surface area contributed by atoms with Crippen molar-refractivity contribution in [3.63, 3.8) is 0 Å². The van der Waals surface area contributed by atoms with Crippen molar-refractivity contribution in [3.8, 4) is 5.69 Å². The Kier molecular flexibility index (Phi) is 6.32. The molecule has 5 nitrogen and oxygen atoms in total. The number of aryl methyl sites for hydroxylation is 1. The molecule has 0 unspecified atom stereocenters. The molecule has 0 radical (unpaired) electrons. The molecule has 1 aliphatic heterocycles. The van der Waals surface area contributed by atoms with Gasteiger partial charge in [-0.05, 0) is 37.6 Å². The summed E-state index contributed by atoms with van der Waals surface area (Å²) < 4.78 is 6.72. The number of benzene rings is 1. The van der Waals surface area contributed by atoms with Gasteiger partial charge in [0.1, 0.15) is 5.25 Å². The highest BCUT2D eigenvalue weighted by Crippen LogP contribution is 2.32. The minimum absolute atomic E-state index is 0.0963. The topological polar surface area (TPSA) is 61.2 Å². The maximum atomic E-state index is 13.1. The van der Waals surface area contributed by atoms with E-state index in [2.05, 4.69) is 0 Å². The highest BCUT2D eigenvalue weighted by Gasteiger charge is 2.26. The van der Waals surface area contributed by atoms with Gasteiger partial charge in [-0.25, -0.2) is 4.98 Å². The Labute approximate surface area is 165 Å². The highest BCUT2D eigenvalue weighted by molar-refractivity contribution is 8.00. The summed E-state index contributed by atoms with van der Waals surface area (Å²) in [7, 11) is 0. The van der Waals surface area contributed by atoms with Crippen LogP contribution in [-0.4, -0.2) is 33.1 Å². The van der Waals surface area contributed by atoms with Gasteiger partial charge in [-0.2, -0.15) is 0 Å². The van der Waals surface area contributed by atoms with Crippen LogP contribution < -0.4 is 5.56 Å². The fourth-order valence-electron chi connectivity index (χ4n) is 2.65. The summed E-state index contributed by atoms with van der Waals surface area (Å²) in [6.45, 7) is 4.03. The number of hydrogen-bond donors (Lipinski definition) is 0.